The number of amides is 2. The highest BCUT2D eigenvalue weighted by molar-refractivity contribution is 5.92. The fourth-order valence-electron chi connectivity index (χ4n) is 1.90. The van der Waals surface area contributed by atoms with Crippen LogP contribution in [0.2, 0.25) is 0 Å². The maximum Gasteiger partial charge on any atom is 0.416 e. The highest BCUT2D eigenvalue weighted by Crippen LogP contribution is 2.29. The standard InChI is InChI=1S/C16H19F3N2O4/c1-3-20-13(22)9-21(4-2)14(23)10-25-15(24)11-5-7-12(8-6-11)16(17,18)19/h5-8H,3-4,9-10H2,1-2H3,(H,20,22). The number of likely N-dealkylation sites (N-methyl/N-ethyl adjacent to an activating group) is 2. The minimum absolute atomic E-state index is 0.104. The number of nitrogens with zero attached hydrogens (tertiary/aromatic N) is 1. The zero-order valence-electron chi connectivity index (χ0n) is 13.9. The van der Waals surface area contributed by atoms with Gasteiger partial charge in [0.2, 0.25) is 5.91 Å². The molecule has 138 valence electrons. The number of nitrogens with one attached hydrogen (secondary N) is 1. The lowest BCUT2D eigenvalue weighted by Gasteiger charge is -2.20. The summed E-state index contributed by atoms with van der Waals surface area (Å²) in [6.45, 7) is 3.30. The average molecular weight is 360 g/mol. The molecule has 1 N–H and O–H groups in total. The Morgan fingerprint density at radius 3 is 2.20 bits per heavy atom. The van der Waals surface area contributed by atoms with Crippen LogP contribution in [0.25, 0.3) is 0 Å². The van der Waals surface area contributed by atoms with E-state index in [0.717, 1.165) is 24.3 Å². The second-order valence-corrected chi connectivity index (χ2v) is 5.01. The number of carbonyl (C=O) groups excluding carboxylic acids is 3. The summed E-state index contributed by atoms with van der Waals surface area (Å²) in [5, 5.41) is 2.54. The van der Waals surface area contributed by atoms with Crippen LogP contribution in [0, 0.1) is 0 Å². The molecule has 0 heterocycles. The summed E-state index contributed by atoms with van der Waals surface area (Å²) in [7, 11) is 0. The molecule has 9 heteroatoms. The van der Waals surface area contributed by atoms with Crippen LogP contribution in [-0.4, -0.2) is 48.9 Å². The Labute approximate surface area is 142 Å². The van der Waals surface area contributed by atoms with Crippen LogP contribution in [0.4, 0.5) is 13.2 Å². The van der Waals surface area contributed by atoms with Crippen molar-refractivity contribution in [3.8, 4) is 0 Å². The normalized spacial score (nSPS) is 10.9. The van der Waals surface area contributed by atoms with Gasteiger partial charge in [-0.1, -0.05) is 0 Å². The third-order valence-electron chi connectivity index (χ3n) is 3.22. The van der Waals surface area contributed by atoms with Crippen LogP contribution in [0.1, 0.15) is 29.8 Å². The molecule has 0 saturated carbocycles. The number of alkyl halides is 3. The highest BCUT2D eigenvalue weighted by Gasteiger charge is 2.30. The average Bonchev–Trinajstić information content (AvgIpc) is 2.56. The van der Waals surface area contributed by atoms with Gasteiger partial charge in [0.25, 0.3) is 5.91 Å². The summed E-state index contributed by atoms with van der Waals surface area (Å²) in [6, 6.07) is 3.46. The van der Waals surface area contributed by atoms with Gasteiger partial charge >= 0.3 is 12.1 Å². The van der Waals surface area contributed by atoms with E-state index in [9.17, 15) is 27.6 Å². The van der Waals surface area contributed by atoms with Gasteiger partial charge in [0.15, 0.2) is 6.61 Å². The Morgan fingerprint density at radius 1 is 1.12 bits per heavy atom. The zero-order chi connectivity index (χ0) is 19.0. The summed E-state index contributed by atoms with van der Waals surface area (Å²) >= 11 is 0. The zero-order valence-corrected chi connectivity index (χ0v) is 13.9. The van der Waals surface area contributed by atoms with Gasteiger partial charge < -0.3 is 15.0 Å². The Morgan fingerprint density at radius 2 is 1.72 bits per heavy atom. The summed E-state index contributed by atoms with van der Waals surface area (Å²) in [5.41, 5.74) is -0.994. The molecular weight excluding hydrogens is 341 g/mol. The fraction of sp³-hybridized carbons (Fsp3) is 0.438. The number of hydrogen-bond acceptors (Lipinski definition) is 4. The topological polar surface area (TPSA) is 75.7 Å². The van der Waals surface area contributed by atoms with Gasteiger partial charge in [0, 0.05) is 13.1 Å². The first kappa shape index (κ1) is 20.5. The Kier molecular flexibility index (Phi) is 7.41. The second-order valence-electron chi connectivity index (χ2n) is 5.01. The number of ether oxygens (including phenoxy) is 1. The van der Waals surface area contributed by atoms with E-state index in [1.165, 1.54) is 4.90 Å². The molecule has 0 spiro atoms. The molecule has 0 radical (unpaired) electrons. The number of esters is 1. The van der Waals surface area contributed by atoms with Crippen molar-refractivity contribution in [2.45, 2.75) is 20.0 Å². The Balaban J connectivity index is 2.59. The van der Waals surface area contributed by atoms with E-state index in [-0.39, 0.29) is 24.6 Å². The van der Waals surface area contributed by atoms with Crippen LogP contribution in [0.15, 0.2) is 24.3 Å². The minimum atomic E-state index is -4.50. The van der Waals surface area contributed by atoms with Gasteiger partial charge in [-0.05, 0) is 38.1 Å². The van der Waals surface area contributed by atoms with E-state index in [0.29, 0.717) is 6.54 Å². The van der Waals surface area contributed by atoms with Crippen molar-refractivity contribution in [1.82, 2.24) is 10.2 Å². The molecule has 6 nitrogen and oxygen atoms in total. The molecule has 0 aliphatic rings. The highest BCUT2D eigenvalue weighted by atomic mass is 19.4. The van der Waals surface area contributed by atoms with Gasteiger partial charge in [-0.3, -0.25) is 9.59 Å². The molecule has 0 fully saturated rings. The number of halogens is 3. The van der Waals surface area contributed by atoms with E-state index in [1.807, 2.05) is 0 Å². The van der Waals surface area contributed by atoms with Crippen molar-refractivity contribution < 1.29 is 32.3 Å². The summed E-state index contributed by atoms with van der Waals surface area (Å²) in [6.07, 6.45) is -4.50. The second kappa shape index (κ2) is 9.05. The first-order valence-corrected chi connectivity index (χ1v) is 7.57. The first-order valence-electron chi connectivity index (χ1n) is 7.57. The third-order valence-corrected chi connectivity index (χ3v) is 3.22. The molecule has 1 aromatic carbocycles. The fourth-order valence-corrected chi connectivity index (χ4v) is 1.90. The molecule has 2 amide bonds. The molecule has 0 bridgehead atoms. The smallest absolute Gasteiger partial charge is 0.416 e. The summed E-state index contributed by atoms with van der Waals surface area (Å²) < 4.78 is 42.2. The lowest BCUT2D eigenvalue weighted by atomic mass is 10.1. The van der Waals surface area contributed by atoms with Gasteiger partial charge in [-0.15, -0.1) is 0 Å². The lowest BCUT2D eigenvalue weighted by Crippen LogP contribution is -2.42. The molecule has 0 aliphatic carbocycles. The molecule has 25 heavy (non-hydrogen) atoms. The molecule has 0 saturated heterocycles. The number of benzene rings is 1. The maximum absolute atomic E-state index is 12.5. The molecule has 0 unspecified atom stereocenters. The maximum atomic E-state index is 12.5. The van der Waals surface area contributed by atoms with Crippen LogP contribution in [-0.2, 0) is 20.5 Å². The SMILES string of the molecule is CCNC(=O)CN(CC)C(=O)COC(=O)c1ccc(C(F)(F)F)cc1. The molecule has 1 rings (SSSR count). The number of rotatable bonds is 7. The molecule has 0 aromatic heterocycles. The van der Waals surface area contributed by atoms with E-state index >= 15 is 0 Å². The molecule has 0 atom stereocenters. The van der Waals surface area contributed by atoms with Crippen molar-refractivity contribution in [1.29, 1.82) is 0 Å². The van der Waals surface area contributed by atoms with Gasteiger partial charge in [-0.25, -0.2) is 4.79 Å². The summed E-state index contributed by atoms with van der Waals surface area (Å²) in [4.78, 5) is 36.4. The van der Waals surface area contributed by atoms with Crippen molar-refractivity contribution >= 4 is 17.8 Å². The molecule has 1 aromatic rings. The number of hydrogen-bond donors (Lipinski definition) is 1. The Hall–Kier alpha value is -2.58. The lowest BCUT2D eigenvalue weighted by molar-refractivity contribution is -0.138. The quantitative estimate of drug-likeness (QED) is 0.753. The van der Waals surface area contributed by atoms with Gasteiger partial charge in [0.1, 0.15) is 0 Å². The Bertz CT molecular complexity index is 615. The first-order chi connectivity index (χ1) is 11.7. The van der Waals surface area contributed by atoms with Crippen molar-refractivity contribution in [2.24, 2.45) is 0 Å². The van der Waals surface area contributed by atoms with Crippen LogP contribution in [0.5, 0.6) is 0 Å². The van der Waals surface area contributed by atoms with Crippen molar-refractivity contribution in [3.63, 3.8) is 0 Å². The molecular formula is C16H19F3N2O4. The largest absolute Gasteiger partial charge is 0.452 e. The van der Waals surface area contributed by atoms with Crippen LogP contribution in [0.3, 0.4) is 0 Å². The van der Waals surface area contributed by atoms with Crippen LogP contribution < -0.4 is 5.32 Å². The van der Waals surface area contributed by atoms with E-state index in [2.05, 4.69) is 5.32 Å². The number of carbonyl (C=O) groups is 3. The van der Waals surface area contributed by atoms with E-state index in [1.54, 1.807) is 13.8 Å². The van der Waals surface area contributed by atoms with E-state index < -0.39 is 30.2 Å². The minimum Gasteiger partial charge on any atom is -0.452 e. The van der Waals surface area contributed by atoms with E-state index in [4.69, 9.17) is 4.74 Å². The monoisotopic (exact) mass is 360 g/mol. The van der Waals surface area contributed by atoms with Crippen LogP contribution >= 0.6 is 0 Å². The predicted molar refractivity (Wildman–Crippen MR) is 82.7 cm³/mol. The van der Waals surface area contributed by atoms with Crippen molar-refractivity contribution in [2.75, 3.05) is 26.2 Å². The van der Waals surface area contributed by atoms with Gasteiger partial charge in [0.05, 0.1) is 17.7 Å². The summed E-state index contributed by atoms with van der Waals surface area (Å²) in [5.74, 6) is -1.84. The molecule has 0 aliphatic heterocycles. The predicted octanol–water partition coefficient (Wildman–Crippen LogP) is 1.85. The van der Waals surface area contributed by atoms with Crippen molar-refractivity contribution in [3.05, 3.63) is 35.4 Å². The third kappa shape index (κ3) is 6.44. The van der Waals surface area contributed by atoms with Gasteiger partial charge in [-0.2, -0.15) is 13.2 Å².